The van der Waals surface area contributed by atoms with Gasteiger partial charge in [-0.15, -0.1) is 12.4 Å². The van der Waals surface area contributed by atoms with Crippen molar-refractivity contribution in [2.75, 3.05) is 18.9 Å². The van der Waals surface area contributed by atoms with Crippen molar-refractivity contribution in [3.8, 4) is 0 Å². The van der Waals surface area contributed by atoms with Crippen molar-refractivity contribution in [3.05, 3.63) is 29.8 Å². The summed E-state index contributed by atoms with van der Waals surface area (Å²) in [6.45, 7) is 2.78. The number of piperidine rings is 1. The summed E-state index contributed by atoms with van der Waals surface area (Å²) in [6.07, 6.45) is 2.98. The molecular weight excluding hydrogens is 290 g/mol. The zero-order chi connectivity index (χ0) is 14.6. The molecule has 3 N–H and O–H groups in total. The van der Waals surface area contributed by atoms with Gasteiger partial charge in [0.05, 0.1) is 5.54 Å². The second-order valence-electron chi connectivity index (χ2n) is 5.33. The summed E-state index contributed by atoms with van der Waals surface area (Å²) in [6, 6.07) is 6.95. The lowest BCUT2D eigenvalue weighted by molar-refractivity contribution is -0.122. The van der Waals surface area contributed by atoms with Crippen molar-refractivity contribution in [1.29, 1.82) is 0 Å². The second-order valence-corrected chi connectivity index (χ2v) is 5.33. The maximum absolute atomic E-state index is 12.4. The Morgan fingerprint density at radius 1 is 1.29 bits per heavy atom. The van der Waals surface area contributed by atoms with Crippen LogP contribution in [0.4, 0.5) is 5.69 Å². The fourth-order valence-electron chi connectivity index (χ4n) is 2.40. The van der Waals surface area contributed by atoms with Crippen LogP contribution in [0.2, 0.25) is 0 Å². The van der Waals surface area contributed by atoms with Gasteiger partial charge in [0, 0.05) is 18.3 Å². The molecule has 2 amide bonds. The van der Waals surface area contributed by atoms with Crippen LogP contribution in [-0.2, 0) is 4.79 Å². The number of halogens is 1. The maximum Gasteiger partial charge on any atom is 0.251 e. The Kier molecular flexibility index (Phi) is 6.18. The molecule has 0 aromatic heterocycles. The molecule has 6 heteroatoms. The fourth-order valence-corrected chi connectivity index (χ4v) is 2.40. The molecule has 1 heterocycles. The third-order valence-electron chi connectivity index (χ3n) is 3.73. The molecule has 0 aliphatic carbocycles. The SMILES string of the molecule is CNC(=O)c1cccc(NC(=O)C2(C)CCCCN2)c1.Cl. The Bertz CT molecular complexity index is 513. The van der Waals surface area contributed by atoms with Gasteiger partial charge in [-0.1, -0.05) is 6.07 Å². The zero-order valence-electron chi connectivity index (χ0n) is 12.4. The van der Waals surface area contributed by atoms with Gasteiger partial charge in [-0.05, 0) is 50.9 Å². The van der Waals surface area contributed by atoms with E-state index in [0.717, 1.165) is 25.8 Å². The van der Waals surface area contributed by atoms with Crippen LogP contribution < -0.4 is 16.0 Å². The minimum atomic E-state index is -0.527. The molecule has 0 saturated carbocycles. The Balaban J connectivity index is 0.00000220. The minimum absolute atomic E-state index is 0. The van der Waals surface area contributed by atoms with Crippen molar-refractivity contribution < 1.29 is 9.59 Å². The molecule has 0 spiro atoms. The van der Waals surface area contributed by atoms with Gasteiger partial charge >= 0.3 is 0 Å². The first kappa shape index (κ1) is 17.5. The highest BCUT2D eigenvalue weighted by Gasteiger charge is 2.34. The number of carbonyl (C=O) groups is 2. The molecule has 1 aromatic rings. The van der Waals surface area contributed by atoms with Gasteiger partial charge in [0.1, 0.15) is 0 Å². The Morgan fingerprint density at radius 3 is 2.67 bits per heavy atom. The van der Waals surface area contributed by atoms with Crippen molar-refractivity contribution >= 4 is 29.9 Å². The number of carbonyl (C=O) groups excluding carboxylic acids is 2. The number of anilines is 1. The van der Waals surface area contributed by atoms with E-state index in [-0.39, 0.29) is 24.2 Å². The third kappa shape index (κ3) is 4.19. The summed E-state index contributed by atoms with van der Waals surface area (Å²) in [5.41, 5.74) is 0.651. The first-order valence-electron chi connectivity index (χ1n) is 6.94. The monoisotopic (exact) mass is 311 g/mol. The van der Waals surface area contributed by atoms with Crippen LogP contribution in [0, 0.1) is 0 Å². The van der Waals surface area contributed by atoms with Gasteiger partial charge in [-0.2, -0.15) is 0 Å². The molecule has 1 aliphatic rings. The predicted octanol–water partition coefficient (Wildman–Crippen LogP) is 1.94. The van der Waals surface area contributed by atoms with Crippen LogP contribution >= 0.6 is 12.4 Å². The predicted molar refractivity (Wildman–Crippen MR) is 86.0 cm³/mol. The normalized spacial score (nSPS) is 21.0. The molecule has 116 valence electrons. The van der Waals surface area contributed by atoms with Gasteiger partial charge in [0.25, 0.3) is 5.91 Å². The van der Waals surface area contributed by atoms with Crippen LogP contribution in [0.5, 0.6) is 0 Å². The Labute approximate surface area is 131 Å². The Morgan fingerprint density at radius 2 is 2.05 bits per heavy atom. The number of rotatable bonds is 3. The van der Waals surface area contributed by atoms with E-state index >= 15 is 0 Å². The van der Waals surface area contributed by atoms with E-state index in [1.165, 1.54) is 0 Å². The number of nitrogens with one attached hydrogen (secondary N) is 3. The van der Waals surface area contributed by atoms with E-state index in [1.54, 1.807) is 31.3 Å². The van der Waals surface area contributed by atoms with Crippen LogP contribution in [0.15, 0.2) is 24.3 Å². The van der Waals surface area contributed by atoms with Gasteiger partial charge in [-0.25, -0.2) is 0 Å². The van der Waals surface area contributed by atoms with Crippen molar-refractivity contribution in [2.24, 2.45) is 0 Å². The van der Waals surface area contributed by atoms with E-state index in [4.69, 9.17) is 0 Å². The van der Waals surface area contributed by atoms with E-state index in [0.29, 0.717) is 11.3 Å². The molecule has 0 bridgehead atoms. The van der Waals surface area contributed by atoms with Gasteiger partial charge in [0.2, 0.25) is 5.91 Å². The summed E-state index contributed by atoms with van der Waals surface area (Å²) in [5, 5.41) is 8.73. The van der Waals surface area contributed by atoms with Crippen molar-refractivity contribution in [1.82, 2.24) is 10.6 Å². The smallest absolute Gasteiger partial charge is 0.251 e. The highest BCUT2D eigenvalue weighted by atomic mass is 35.5. The molecular formula is C15H22ClN3O2. The maximum atomic E-state index is 12.4. The van der Waals surface area contributed by atoms with Crippen LogP contribution in [0.25, 0.3) is 0 Å². The van der Waals surface area contributed by atoms with Crippen LogP contribution in [0.1, 0.15) is 36.5 Å². The average Bonchev–Trinajstić information content (AvgIpc) is 2.47. The standard InChI is InChI=1S/C15H21N3O2.ClH/c1-15(8-3-4-9-17-15)14(20)18-12-7-5-6-11(10-12)13(19)16-2;/h5-7,10,17H,3-4,8-9H2,1-2H3,(H,16,19)(H,18,20);1H. The lowest BCUT2D eigenvalue weighted by Gasteiger charge is -2.33. The van der Waals surface area contributed by atoms with E-state index in [2.05, 4.69) is 16.0 Å². The summed E-state index contributed by atoms with van der Waals surface area (Å²) in [4.78, 5) is 23.9. The number of hydrogen-bond donors (Lipinski definition) is 3. The first-order valence-corrected chi connectivity index (χ1v) is 6.94. The topological polar surface area (TPSA) is 70.2 Å². The molecule has 1 aromatic carbocycles. The average molecular weight is 312 g/mol. The highest BCUT2D eigenvalue weighted by Crippen LogP contribution is 2.21. The largest absolute Gasteiger partial charge is 0.355 e. The van der Waals surface area contributed by atoms with Gasteiger partial charge < -0.3 is 16.0 Å². The number of hydrogen-bond acceptors (Lipinski definition) is 3. The first-order chi connectivity index (χ1) is 9.55. The summed E-state index contributed by atoms with van der Waals surface area (Å²) in [5.74, 6) is -0.214. The van der Waals surface area contributed by atoms with Gasteiger partial charge in [0.15, 0.2) is 0 Å². The minimum Gasteiger partial charge on any atom is -0.355 e. The van der Waals surface area contributed by atoms with E-state index in [9.17, 15) is 9.59 Å². The van der Waals surface area contributed by atoms with E-state index < -0.39 is 5.54 Å². The zero-order valence-corrected chi connectivity index (χ0v) is 13.2. The van der Waals surface area contributed by atoms with Crippen LogP contribution in [0.3, 0.4) is 0 Å². The summed E-state index contributed by atoms with van der Waals surface area (Å²) < 4.78 is 0. The summed E-state index contributed by atoms with van der Waals surface area (Å²) in [7, 11) is 1.58. The second kappa shape index (κ2) is 7.43. The molecule has 1 fully saturated rings. The highest BCUT2D eigenvalue weighted by molar-refractivity contribution is 6.00. The molecule has 1 saturated heterocycles. The number of benzene rings is 1. The molecule has 5 nitrogen and oxygen atoms in total. The van der Waals surface area contributed by atoms with Crippen LogP contribution in [-0.4, -0.2) is 30.9 Å². The molecule has 1 unspecified atom stereocenters. The third-order valence-corrected chi connectivity index (χ3v) is 3.73. The lowest BCUT2D eigenvalue weighted by Crippen LogP contribution is -2.54. The quantitative estimate of drug-likeness (QED) is 0.799. The molecule has 0 radical (unpaired) electrons. The molecule has 1 atom stereocenters. The lowest BCUT2D eigenvalue weighted by atomic mass is 9.90. The van der Waals surface area contributed by atoms with Gasteiger partial charge in [-0.3, -0.25) is 9.59 Å². The molecule has 1 aliphatic heterocycles. The fraction of sp³-hybridized carbons (Fsp3) is 0.467. The molecule has 21 heavy (non-hydrogen) atoms. The molecule has 2 rings (SSSR count). The van der Waals surface area contributed by atoms with E-state index in [1.807, 2.05) is 6.92 Å². The summed E-state index contributed by atoms with van der Waals surface area (Å²) >= 11 is 0. The Hall–Kier alpha value is -1.59. The van der Waals surface area contributed by atoms with Crippen molar-refractivity contribution in [3.63, 3.8) is 0 Å². The number of amides is 2. The van der Waals surface area contributed by atoms with Crippen molar-refractivity contribution in [2.45, 2.75) is 31.7 Å².